The van der Waals surface area contributed by atoms with E-state index in [4.69, 9.17) is 16.3 Å². The van der Waals surface area contributed by atoms with E-state index in [0.29, 0.717) is 29.4 Å². The molecule has 0 saturated heterocycles. The number of nitrogens with one attached hydrogen (secondary N) is 2. The summed E-state index contributed by atoms with van der Waals surface area (Å²) in [6.45, 7) is 1.25. The lowest BCUT2D eigenvalue weighted by molar-refractivity contribution is -0.129. The van der Waals surface area contributed by atoms with Crippen molar-refractivity contribution < 1.29 is 14.3 Å². The van der Waals surface area contributed by atoms with E-state index in [2.05, 4.69) is 10.6 Å². The largest absolute Gasteiger partial charge is 0.385 e. The molecule has 2 aromatic rings. The van der Waals surface area contributed by atoms with Gasteiger partial charge in [0.25, 0.3) is 5.91 Å². The van der Waals surface area contributed by atoms with E-state index in [1.807, 2.05) is 24.3 Å². The SMILES string of the molecule is COCCCNC(=O)C1(c2ccc(NC(=O)c3ccc(Cl)cc3)cc2)CCC1. The first-order valence-electron chi connectivity index (χ1n) is 9.50. The first-order valence-corrected chi connectivity index (χ1v) is 9.88. The second-order valence-corrected chi connectivity index (χ2v) is 7.51. The Labute approximate surface area is 170 Å². The molecule has 2 aromatic carbocycles. The fraction of sp³-hybridized carbons (Fsp3) is 0.364. The van der Waals surface area contributed by atoms with Crippen LogP contribution < -0.4 is 10.6 Å². The van der Waals surface area contributed by atoms with E-state index in [-0.39, 0.29) is 11.8 Å². The van der Waals surface area contributed by atoms with Gasteiger partial charge in [-0.25, -0.2) is 0 Å². The maximum absolute atomic E-state index is 12.8. The number of anilines is 1. The highest BCUT2D eigenvalue weighted by atomic mass is 35.5. The van der Waals surface area contributed by atoms with Gasteiger partial charge in [-0.05, 0) is 61.2 Å². The Kier molecular flexibility index (Phi) is 6.70. The standard InChI is InChI=1S/C22H25ClN2O3/c1-28-15-3-14-24-21(27)22(12-2-13-22)17-6-10-19(11-7-17)25-20(26)16-4-8-18(23)9-5-16/h4-11H,2-3,12-15H2,1H3,(H,24,27)(H,25,26). The molecular formula is C22H25ClN2O3. The van der Waals surface area contributed by atoms with Gasteiger partial charge < -0.3 is 15.4 Å². The Morgan fingerprint density at radius 2 is 1.75 bits per heavy atom. The van der Waals surface area contributed by atoms with Gasteiger partial charge in [-0.3, -0.25) is 9.59 Å². The molecule has 1 fully saturated rings. The summed E-state index contributed by atoms with van der Waals surface area (Å²) in [5, 5.41) is 6.50. The van der Waals surface area contributed by atoms with Crippen molar-refractivity contribution in [1.82, 2.24) is 5.32 Å². The van der Waals surface area contributed by atoms with Crippen molar-refractivity contribution >= 4 is 29.1 Å². The average molecular weight is 401 g/mol. The molecule has 3 rings (SSSR count). The summed E-state index contributed by atoms with van der Waals surface area (Å²) in [6, 6.07) is 14.3. The quantitative estimate of drug-likeness (QED) is 0.653. The van der Waals surface area contributed by atoms with Gasteiger partial charge in [0.15, 0.2) is 0 Å². The fourth-order valence-corrected chi connectivity index (χ4v) is 3.57. The second-order valence-electron chi connectivity index (χ2n) is 7.08. The van der Waals surface area contributed by atoms with Crippen molar-refractivity contribution in [2.24, 2.45) is 0 Å². The lowest BCUT2D eigenvalue weighted by Gasteiger charge is -2.40. The first-order chi connectivity index (χ1) is 13.5. The summed E-state index contributed by atoms with van der Waals surface area (Å²) >= 11 is 5.86. The van der Waals surface area contributed by atoms with Crippen molar-refractivity contribution in [2.45, 2.75) is 31.1 Å². The van der Waals surface area contributed by atoms with Gasteiger partial charge in [0.1, 0.15) is 0 Å². The van der Waals surface area contributed by atoms with Crippen LogP contribution in [0.15, 0.2) is 48.5 Å². The number of benzene rings is 2. The van der Waals surface area contributed by atoms with E-state index in [9.17, 15) is 9.59 Å². The molecule has 28 heavy (non-hydrogen) atoms. The highest BCUT2D eigenvalue weighted by Crippen LogP contribution is 2.44. The van der Waals surface area contributed by atoms with Crippen molar-refractivity contribution in [3.05, 3.63) is 64.7 Å². The van der Waals surface area contributed by atoms with Crippen molar-refractivity contribution in [3.8, 4) is 0 Å². The van der Waals surface area contributed by atoms with Crippen LogP contribution in [0.25, 0.3) is 0 Å². The summed E-state index contributed by atoms with van der Waals surface area (Å²) in [6.07, 6.45) is 3.54. The zero-order chi connectivity index (χ0) is 20.0. The van der Waals surface area contributed by atoms with Crippen molar-refractivity contribution in [3.63, 3.8) is 0 Å². The van der Waals surface area contributed by atoms with Gasteiger partial charge in [-0.15, -0.1) is 0 Å². The molecule has 0 atom stereocenters. The summed E-state index contributed by atoms with van der Waals surface area (Å²) < 4.78 is 5.02. The highest BCUT2D eigenvalue weighted by molar-refractivity contribution is 6.30. The number of halogens is 1. The zero-order valence-corrected chi connectivity index (χ0v) is 16.7. The van der Waals surface area contributed by atoms with Crippen LogP contribution in [0.3, 0.4) is 0 Å². The molecule has 1 aliphatic rings. The minimum Gasteiger partial charge on any atom is -0.385 e. The Morgan fingerprint density at radius 3 is 2.32 bits per heavy atom. The zero-order valence-electron chi connectivity index (χ0n) is 16.0. The van der Waals surface area contributed by atoms with Crippen LogP contribution in [-0.2, 0) is 14.9 Å². The molecule has 1 saturated carbocycles. The summed E-state index contributed by atoms with van der Waals surface area (Å²) in [7, 11) is 1.66. The first kappa shape index (κ1) is 20.4. The Hall–Kier alpha value is -2.37. The van der Waals surface area contributed by atoms with Crippen LogP contribution in [0.5, 0.6) is 0 Å². The van der Waals surface area contributed by atoms with E-state index in [1.165, 1.54) is 0 Å². The lowest BCUT2D eigenvalue weighted by Crippen LogP contribution is -2.49. The molecule has 1 aliphatic carbocycles. The van der Waals surface area contributed by atoms with Crippen molar-refractivity contribution in [2.75, 3.05) is 25.6 Å². The average Bonchev–Trinajstić information content (AvgIpc) is 2.66. The van der Waals surface area contributed by atoms with Crippen LogP contribution in [0.4, 0.5) is 5.69 Å². The van der Waals surface area contributed by atoms with Crippen molar-refractivity contribution in [1.29, 1.82) is 0 Å². The van der Waals surface area contributed by atoms with Gasteiger partial charge in [0.2, 0.25) is 5.91 Å². The molecule has 0 spiro atoms. The van der Waals surface area contributed by atoms with Gasteiger partial charge in [-0.1, -0.05) is 30.2 Å². The highest BCUT2D eigenvalue weighted by Gasteiger charge is 2.45. The number of hydrogen-bond acceptors (Lipinski definition) is 3. The van der Waals surface area contributed by atoms with Gasteiger partial charge in [0.05, 0.1) is 5.41 Å². The molecule has 2 N–H and O–H groups in total. The molecule has 0 heterocycles. The molecule has 5 nitrogen and oxygen atoms in total. The molecule has 6 heteroatoms. The van der Waals surface area contributed by atoms with Gasteiger partial charge in [-0.2, -0.15) is 0 Å². The smallest absolute Gasteiger partial charge is 0.255 e. The van der Waals surface area contributed by atoms with E-state index < -0.39 is 5.41 Å². The van der Waals surface area contributed by atoms with E-state index in [1.54, 1.807) is 31.4 Å². The third kappa shape index (κ3) is 4.54. The number of ether oxygens (including phenoxy) is 1. The number of carbonyl (C=O) groups is 2. The van der Waals surface area contributed by atoms with Crippen LogP contribution in [0.2, 0.25) is 5.02 Å². The maximum atomic E-state index is 12.8. The summed E-state index contributed by atoms with van der Waals surface area (Å²) in [4.78, 5) is 25.1. The van der Waals surface area contributed by atoms with Crippen LogP contribution in [0.1, 0.15) is 41.6 Å². The summed E-state index contributed by atoms with van der Waals surface area (Å²) in [5.74, 6) is -0.119. The Morgan fingerprint density at radius 1 is 1.07 bits per heavy atom. The number of hydrogen-bond donors (Lipinski definition) is 2. The van der Waals surface area contributed by atoms with Crippen LogP contribution in [-0.4, -0.2) is 32.1 Å². The van der Waals surface area contributed by atoms with E-state index in [0.717, 1.165) is 31.2 Å². The predicted octanol–water partition coefficient (Wildman–Crippen LogP) is 4.17. The molecule has 0 aromatic heterocycles. The normalized spacial score (nSPS) is 14.8. The van der Waals surface area contributed by atoms with Gasteiger partial charge in [0, 0.05) is 36.5 Å². The maximum Gasteiger partial charge on any atom is 0.255 e. The predicted molar refractivity (Wildman–Crippen MR) is 111 cm³/mol. The molecule has 148 valence electrons. The number of amides is 2. The lowest BCUT2D eigenvalue weighted by atomic mass is 9.64. The van der Waals surface area contributed by atoms with Crippen LogP contribution in [0, 0.1) is 0 Å². The molecule has 0 bridgehead atoms. The number of carbonyl (C=O) groups excluding carboxylic acids is 2. The van der Waals surface area contributed by atoms with Crippen LogP contribution >= 0.6 is 11.6 Å². The molecule has 0 unspecified atom stereocenters. The summed E-state index contributed by atoms with van der Waals surface area (Å²) in [5.41, 5.74) is 1.77. The molecule has 0 radical (unpaired) electrons. The Balaban J connectivity index is 1.64. The number of methoxy groups -OCH3 is 1. The molecule has 0 aliphatic heterocycles. The third-order valence-electron chi connectivity index (χ3n) is 5.25. The topological polar surface area (TPSA) is 67.4 Å². The minimum absolute atomic E-state index is 0.0767. The monoisotopic (exact) mass is 400 g/mol. The Bertz CT molecular complexity index is 815. The fourth-order valence-electron chi connectivity index (χ4n) is 3.44. The van der Waals surface area contributed by atoms with E-state index >= 15 is 0 Å². The van der Waals surface area contributed by atoms with Gasteiger partial charge >= 0.3 is 0 Å². The third-order valence-corrected chi connectivity index (χ3v) is 5.51. The minimum atomic E-state index is -0.453. The molecule has 2 amide bonds. The second kappa shape index (κ2) is 9.22. The molecular weight excluding hydrogens is 376 g/mol. The number of rotatable bonds is 8.